The number of benzene rings is 1. The van der Waals surface area contributed by atoms with Gasteiger partial charge >= 0.3 is 0 Å². The normalized spacial score (nSPS) is 17.2. The molecule has 1 saturated carbocycles. The molecule has 4 heteroatoms. The number of nitrogens with zero attached hydrogens (tertiary/aromatic N) is 1. The van der Waals surface area contributed by atoms with Gasteiger partial charge < -0.3 is 5.73 Å². The lowest BCUT2D eigenvalue weighted by Crippen LogP contribution is -2.40. The van der Waals surface area contributed by atoms with Crippen LogP contribution in [0.1, 0.15) is 38.3 Å². The van der Waals surface area contributed by atoms with Gasteiger partial charge in [-0.3, -0.25) is 4.90 Å². The van der Waals surface area contributed by atoms with Crippen molar-refractivity contribution >= 4 is 27.5 Å². The first-order chi connectivity index (χ1) is 9.02. The topological polar surface area (TPSA) is 29.3 Å². The van der Waals surface area contributed by atoms with Gasteiger partial charge in [-0.1, -0.05) is 33.6 Å². The Labute approximate surface area is 129 Å². The molecule has 0 amide bonds. The molecule has 2 N–H and O–H groups in total. The van der Waals surface area contributed by atoms with E-state index in [9.17, 15) is 0 Å². The van der Waals surface area contributed by atoms with Crippen molar-refractivity contribution < 1.29 is 0 Å². The minimum Gasteiger partial charge on any atom is -0.329 e. The van der Waals surface area contributed by atoms with E-state index in [1.165, 1.54) is 18.4 Å². The molecule has 19 heavy (non-hydrogen) atoms. The van der Waals surface area contributed by atoms with Crippen LogP contribution < -0.4 is 5.73 Å². The van der Waals surface area contributed by atoms with Gasteiger partial charge in [0.05, 0.1) is 0 Å². The maximum absolute atomic E-state index is 6.05. The molecule has 0 radical (unpaired) electrons. The summed E-state index contributed by atoms with van der Waals surface area (Å²) in [5.74, 6) is 0.863. The fourth-order valence-electron chi connectivity index (χ4n) is 2.51. The first-order valence-corrected chi connectivity index (χ1v) is 8.10. The van der Waals surface area contributed by atoms with Crippen LogP contribution in [0.25, 0.3) is 0 Å². The Bertz CT molecular complexity index is 432. The Balaban J connectivity index is 2.24. The highest BCUT2D eigenvalue weighted by molar-refractivity contribution is 9.10. The van der Waals surface area contributed by atoms with E-state index in [0.717, 1.165) is 22.0 Å². The first kappa shape index (κ1) is 15.3. The standard InChI is InChI=1S/C15H22BrClN2/c1-10(2)19(9-11-3-4-11)15(8-18)13-6-5-12(17)7-14(13)16/h5-7,10-11,15H,3-4,8-9,18H2,1-2H3. The molecule has 106 valence electrons. The molecule has 0 heterocycles. The lowest BCUT2D eigenvalue weighted by atomic mass is 10.0. The number of rotatable bonds is 6. The summed E-state index contributed by atoms with van der Waals surface area (Å²) >= 11 is 9.65. The molecule has 2 nitrogen and oxygen atoms in total. The molecule has 0 aromatic heterocycles. The van der Waals surface area contributed by atoms with Gasteiger partial charge in [0.2, 0.25) is 0 Å². The van der Waals surface area contributed by atoms with Crippen LogP contribution in [0, 0.1) is 5.92 Å². The highest BCUT2D eigenvalue weighted by Crippen LogP contribution is 2.36. The molecular formula is C15H22BrClN2. The van der Waals surface area contributed by atoms with Crippen molar-refractivity contribution in [3.05, 3.63) is 33.3 Å². The van der Waals surface area contributed by atoms with Gasteiger partial charge in [0.15, 0.2) is 0 Å². The average Bonchev–Trinajstić information content (AvgIpc) is 3.14. The van der Waals surface area contributed by atoms with E-state index in [1.54, 1.807) is 0 Å². The molecule has 0 spiro atoms. The van der Waals surface area contributed by atoms with Gasteiger partial charge in [-0.25, -0.2) is 0 Å². The van der Waals surface area contributed by atoms with Gasteiger partial charge in [-0.05, 0) is 50.3 Å². The monoisotopic (exact) mass is 344 g/mol. The molecule has 1 aliphatic carbocycles. The summed E-state index contributed by atoms with van der Waals surface area (Å²) in [6.45, 7) is 6.27. The van der Waals surface area contributed by atoms with Crippen molar-refractivity contribution in [2.24, 2.45) is 11.7 Å². The van der Waals surface area contributed by atoms with E-state index in [4.69, 9.17) is 17.3 Å². The Hall–Kier alpha value is -0.0900. The van der Waals surface area contributed by atoms with Gasteiger partial charge in [0, 0.05) is 34.7 Å². The Morgan fingerprint density at radius 1 is 1.42 bits per heavy atom. The van der Waals surface area contributed by atoms with Crippen LogP contribution in [0.5, 0.6) is 0 Å². The lowest BCUT2D eigenvalue weighted by Gasteiger charge is -2.35. The zero-order chi connectivity index (χ0) is 14.0. The van der Waals surface area contributed by atoms with Gasteiger partial charge in [-0.2, -0.15) is 0 Å². The molecule has 1 aliphatic rings. The third kappa shape index (κ3) is 3.94. The van der Waals surface area contributed by atoms with E-state index < -0.39 is 0 Å². The first-order valence-electron chi connectivity index (χ1n) is 6.93. The zero-order valence-corrected chi connectivity index (χ0v) is 13.9. The van der Waals surface area contributed by atoms with Crippen LogP contribution in [-0.2, 0) is 0 Å². The average molecular weight is 346 g/mol. The molecular weight excluding hydrogens is 324 g/mol. The predicted molar refractivity (Wildman–Crippen MR) is 85.5 cm³/mol. The minimum atomic E-state index is 0.257. The van der Waals surface area contributed by atoms with Gasteiger partial charge in [-0.15, -0.1) is 0 Å². The Kier molecular flexibility index (Phi) is 5.29. The smallest absolute Gasteiger partial charge is 0.0484 e. The third-order valence-corrected chi connectivity index (χ3v) is 4.70. The SMILES string of the molecule is CC(C)N(CC1CC1)C(CN)c1ccc(Cl)cc1Br. The maximum Gasteiger partial charge on any atom is 0.0484 e. The van der Waals surface area contributed by atoms with Crippen molar-refractivity contribution in [3.8, 4) is 0 Å². The summed E-state index contributed by atoms with van der Waals surface area (Å²) in [4.78, 5) is 2.52. The van der Waals surface area contributed by atoms with E-state index in [2.05, 4.69) is 40.7 Å². The van der Waals surface area contributed by atoms with Crippen LogP contribution in [0.2, 0.25) is 5.02 Å². The van der Waals surface area contributed by atoms with Crippen LogP contribution in [0.15, 0.2) is 22.7 Å². The second kappa shape index (κ2) is 6.57. The number of hydrogen-bond acceptors (Lipinski definition) is 2. The maximum atomic E-state index is 6.05. The number of nitrogens with two attached hydrogens (primary N) is 1. The zero-order valence-electron chi connectivity index (χ0n) is 11.6. The highest BCUT2D eigenvalue weighted by Gasteiger charge is 2.30. The summed E-state index contributed by atoms with van der Waals surface area (Å²) in [6, 6.07) is 6.74. The Morgan fingerprint density at radius 2 is 2.11 bits per heavy atom. The molecule has 0 saturated heterocycles. The van der Waals surface area contributed by atoms with E-state index in [0.29, 0.717) is 12.6 Å². The van der Waals surface area contributed by atoms with Crippen LogP contribution in [0.4, 0.5) is 0 Å². The second-order valence-corrected chi connectivity index (χ2v) is 6.94. The van der Waals surface area contributed by atoms with E-state index in [-0.39, 0.29) is 6.04 Å². The van der Waals surface area contributed by atoms with Crippen LogP contribution in [0.3, 0.4) is 0 Å². The number of halogens is 2. The number of hydrogen-bond donors (Lipinski definition) is 1. The third-order valence-electron chi connectivity index (χ3n) is 3.77. The van der Waals surface area contributed by atoms with Crippen molar-refractivity contribution in [1.29, 1.82) is 0 Å². The quantitative estimate of drug-likeness (QED) is 0.836. The summed E-state index contributed by atoms with van der Waals surface area (Å²) in [5, 5.41) is 0.754. The summed E-state index contributed by atoms with van der Waals surface area (Å²) in [6.07, 6.45) is 2.73. The molecule has 1 fully saturated rings. The summed E-state index contributed by atoms with van der Waals surface area (Å²) in [7, 11) is 0. The predicted octanol–water partition coefficient (Wildman–Crippen LogP) is 4.22. The molecule has 1 aromatic carbocycles. The lowest BCUT2D eigenvalue weighted by molar-refractivity contribution is 0.149. The molecule has 0 aliphatic heterocycles. The van der Waals surface area contributed by atoms with Crippen molar-refractivity contribution in [2.75, 3.05) is 13.1 Å². The molecule has 2 rings (SSSR count). The van der Waals surface area contributed by atoms with E-state index >= 15 is 0 Å². The largest absolute Gasteiger partial charge is 0.329 e. The van der Waals surface area contributed by atoms with Crippen molar-refractivity contribution in [3.63, 3.8) is 0 Å². The van der Waals surface area contributed by atoms with Crippen molar-refractivity contribution in [1.82, 2.24) is 4.90 Å². The molecule has 1 atom stereocenters. The van der Waals surface area contributed by atoms with Crippen molar-refractivity contribution in [2.45, 2.75) is 38.8 Å². The minimum absolute atomic E-state index is 0.257. The fourth-order valence-corrected chi connectivity index (χ4v) is 3.46. The molecule has 1 aromatic rings. The van der Waals surface area contributed by atoms with Crippen LogP contribution in [-0.4, -0.2) is 24.0 Å². The molecule has 1 unspecified atom stereocenters. The summed E-state index contributed by atoms with van der Waals surface area (Å²) in [5.41, 5.74) is 7.29. The fraction of sp³-hybridized carbons (Fsp3) is 0.600. The Morgan fingerprint density at radius 3 is 2.58 bits per heavy atom. The van der Waals surface area contributed by atoms with Gasteiger partial charge in [0.1, 0.15) is 0 Å². The molecule has 0 bridgehead atoms. The summed E-state index contributed by atoms with van der Waals surface area (Å²) < 4.78 is 1.05. The van der Waals surface area contributed by atoms with Crippen LogP contribution >= 0.6 is 27.5 Å². The second-order valence-electron chi connectivity index (χ2n) is 5.65. The van der Waals surface area contributed by atoms with Gasteiger partial charge in [0.25, 0.3) is 0 Å². The highest BCUT2D eigenvalue weighted by atomic mass is 79.9. The van der Waals surface area contributed by atoms with E-state index in [1.807, 2.05) is 12.1 Å².